The second-order valence-corrected chi connectivity index (χ2v) is 20.4. The Morgan fingerprint density at radius 3 is 1.42 bits per heavy atom. The predicted molar refractivity (Wildman–Crippen MR) is 252 cm³/mol. The van der Waals surface area contributed by atoms with E-state index in [0.29, 0.717) is 12.8 Å². The summed E-state index contributed by atoms with van der Waals surface area (Å²) in [4.78, 5) is 73.2. The van der Waals surface area contributed by atoms with Crippen molar-refractivity contribution in [3.05, 3.63) is 48.6 Å². The molecule has 390 valence electrons. The second-order valence-electron chi connectivity index (χ2n) is 16.7. The van der Waals surface area contributed by atoms with Gasteiger partial charge in [-0.25, -0.2) is 13.7 Å². The van der Waals surface area contributed by atoms with E-state index >= 15 is 0 Å². The fourth-order valence-corrected chi connectivity index (χ4v) is 9.16. The molecule has 0 aromatic carbocycles. The number of aliphatic hydroxyl groups excluding tert-OH is 3. The molecule has 19 nitrogen and oxygen atoms in total. The molecule has 0 aromatic heterocycles. The first kappa shape index (κ1) is 63.1. The minimum atomic E-state index is -5.60. The van der Waals surface area contributed by atoms with E-state index in [1.165, 1.54) is 38.5 Å². The van der Waals surface area contributed by atoms with Gasteiger partial charge in [-0.2, -0.15) is 0 Å². The van der Waals surface area contributed by atoms with Crippen molar-refractivity contribution in [1.29, 1.82) is 0 Å². The van der Waals surface area contributed by atoms with Crippen LogP contribution in [0.5, 0.6) is 0 Å². The summed E-state index contributed by atoms with van der Waals surface area (Å²) in [6.45, 7) is 2.80. The summed E-state index contributed by atoms with van der Waals surface area (Å²) in [5, 5.41) is 31.9. The van der Waals surface area contributed by atoms with Gasteiger partial charge in [0.2, 0.25) is 0 Å². The third-order valence-corrected chi connectivity index (χ3v) is 12.6. The van der Waals surface area contributed by atoms with Crippen molar-refractivity contribution in [3.63, 3.8) is 0 Å². The van der Waals surface area contributed by atoms with Crippen LogP contribution in [-0.2, 0) is 50.9 Å². The molecule has 22 heteroatoms. The maximum atomic E-state index is 13.1. The summed E-state index contributed by atoms with van der Waals surface area (Å²) in [6.07, 6.45) is 22.7. The Hall–Kier alpha value is -1.89. The van der Waals surface area contributed by atoms with Crippen LogP contribution in [0.2, 0.25) is 0 Å². The van der Waals surface area contributed by atoms with Crippen molar-refractivity contribution in [3.8, 4) is 0 Å². The van der Waals surface area contributed by atoms with Gasteiger partial charge in [0.1, 0.15) is 43.2 Å². The molecule has 8 atom stereocenters. The number of hydrogen-bond donors (Lipinski definition) is 8. The lowest BCUT2D eigenvalue weighted by molar-refractivity contribution is -0.213. The van der Waals surface area contributed by atoms with Gasteiger partial charge < -0.3 is 49.3 Å². The number of phosphoric ester groups is 3. The topological polar surface area (TPSA) is 303 Å². The maximum absolute atomic E-state index is 13.1. The molecule has 0 radical (unpaired) electrons. The van der Waals surface area contributed by atoms with Crippen molar-refractivity contribution in [2.24, 2.45) is 0 Å². The van der Waals surface area contributed by atoms with Gasteiger partial charge in [-0.3, -0.25) is 27.7 Å². The fraction of sp³-hybridized carbons (Fsp3) is 0.778. The molecule has 5 unspecified atom stereocenters. The van der Waals surface area contributed by atoms with Crippen molar-refractivity contribution in [2.75, 3.05) is 13.2 Å². The first-order valence-corrected chi connectivity index (χ1v) is 28.5. The summed E-state index contributed by atoms with van der Waals surface area (Å²) < 4.78 is 65.4. The number of carbonyl (C=O) groups excluding carboxylic acids is 2. The Morgan fingerprint density at radius 2 is 0.910 bits per heavy atom. The minimum Gasteiger partial charge on any atom is -0.462 e. The molecule has 0 spiro atoms. The summed E-state index contributed by atoms with van der Waals surface area (Å²) in [7, 11) is -16.6. The Kier molecular flexibility index (Phi) is 34.8. The molecule has 0 bridgehead atoms. The van der Waals surface area contributed by atoms with Crippen molar-refractivity contribution in [1.82, 2.24) is 0 Å². The van der Waals surface area contributed by atoms with Crippen LogP contribution < -0.4 is 0 Å². The maximum Gasteiger partial charge on any atom is 0.472 e. The molecule has 1 fully saturated rings. The van der Waals surface area contributed by atoms with Crippen molar-refractivity contribution < 1.29 is 90.6 Å². The van der Waals surface area contributed by atoms with E-state index in [-0.39, 0.29) is 12.8 Å². The number of ether oxygens (including phenoxy) is 2. The molecule has 0 heterocycles. The molecule has 1 aliphatic rings. The fourth-order valence-electron chi connectivity index (χ4n) is 7.06. The van der Waals surface area contributed by atoms with Gasteiger partial charge in [-0.05, 0) is 70.6 Å². The summed E-state index contributed by atoms with van der Waals surface area (Å²) in [5.41, 5.74) is 0. The Labute approximate surface area is 397 Å². The van der Waals surface area contributed by atoms with Gasteiger partial charge in [-0.15, -0.1) is 0 Å². The largest absolute Gasteiger partial charge is 0.472 e. The zero-order chi connectivity index (χ0) is 50.0. The molecular formula is C45H81O19P3. The number of hydrogen-bond acceptors (Lipinski definition) is 14. The van der Waals surface area contributed by atoms with Gasteiger partial charge in [0, 0.05) is 12.8 Å². The van der Waals surface area contributed by atoms with Crippen LogP contribution in [0.1, 0.15) is 168 Å². The highest BCUT2D eigenvalue weighted by molar-refractivity contribution is 7.47. The van der Waals surface area contributed by atoms with E-state index in [1.54, 1.807) is 0 Å². The lowest BCUT2D eigenvalue weighted by Crippen LogP contribution is -2.65. The normalized spacial score (nSPS) is 22.0. The van der Waals surface area contributed by atoms with Crippen molar-refractivity contribution >= 4 is 35.4 Å². The molecule has 1 aliphatic carbocycles. The van der Waals surface area contributed by atoms with Gasteiger partial charge in [-0.1, -0.05) is 133 Å². The average Bonchev–Trinajstić information content (AvgIpc) is 3.25. The molecule has 67 heavy (non-hydrogen) atoms. The third-order valence-electron chi connectivity index (χ3n) is 10.6. The van der Waals surface area contributed by atoms with E-state index in [1.807, 2.05) is 0 Å². The van der Waals surface area contributed by atoms with E-state index < -0.39 is 91.3 Å². The monoisotopic (exact) mass is 1020 g/mol. The first-order valence-electron chi connectivity index (χ1n) is 23.9. The second kappa shape index (κ2) is 37.0. The smallest absolute Gasteiger partial charge is 0.462 e. The van der Waals surface area contributed by atoms with E-state index in [2.05, 4.69) is 71.5 Å². The van der Waals surface area contributed by atoms with Crippen LogP contribution in [0, 0.1) is 0 Å². The van der Waals surface area contributed by atoms with Crippen LogP contribution in [0.3, 0.4) is 0 Å². The minimum absolute atomic E-state index is 0.0243. The average molecular weight is 1020 g/mol. The van der Waals surface area contributed by atoms with E-state index in [9.17, 15) is 63.1 Å². The molecular weight excluding hydrogens is 937 g/mol. The summed E-state index contributed by atoms with van der Waals surface area (Å²) in [6, 6.07) is 0. The lowest BCUT2D eigenvalue weighted by atomic mass is 9.85. The summed E-state index contributed by atoms with van der Waals surface area (Å²) >= 11 is 0. The number of carbonyl (C=O) groups is 2. The van der Waals surface area contributed by atoms with Gasteiger partial charge in [0.25, 0.3) is 0 Å². The van der Waals surface area contributed by atoms with Gasteiger partial charge in [0.15, 0.2) is 6.10 Å². The third kappa shape index (κ3) is 33.4. The highest BCUT2D eigenvalue weighted by Gasteiger charge is 2.56. The van der Waals surface area contributed by atoms with Crippen molar-refractivity contribution in [2.45, 2.75) is 211 Å². The Bertz CT molecular complexity index is 1590. The number of rotatable bonds is 40. The summed E-state index contributed by atoms with van der Waals surface area (Å²) in [5.74, 6) is -1.33. The predicted octanol–water partition coefficient (Wildman–Crippen LogP) is 8.62. The highest BCUT2D eigenvalue weighted by Crippen LogP contribution is 2.51. The standard InChI is InChI=1S/C45H81O19P3/c1-3-5-7-9-11-13-15-17-19-21-23-25-27-29-31-33-38(46)59-35-37(61-39(47)34-32-30-28-26-24-22-20-18-16-14-12-10-8-6-4-2)36-60-67(57,58)64-43-40(48)41(49)44(62-65(51,52)53)45(42(43)50)63-66(54,55)56/h6,8,12,14,17-20,37,40-45,48-50H,3-5,7,9-11,13,15-16,21-36H2,1-2H3,(H,57,58)(H2,51,52,53)(H2,54,55,56)/b8-6-,14-12-,19-17-,20-18-/t37-,40?,41?,42?,43+,44?,45+/m1/s1. The number of aliphatic hydroxyl groups is 3. The molecule has 1 saturated carbocycles. The van der Waals surface area contributed by atoms with Gasteiger partial charge in [0.05, 0.1) is 6.61 Å². The molecule has 0 saturated heterocycles. The first-order chi connectivity index (χ1) is 31.8. The van der Waals surface area contributed by atoms with Crippen LogP contribution in [0.25, 0.3) is 0 Å². The van der Waals surface area contributed by atoms with E-state index in [4.69, 9.17) is 18.5 Å². The van der Waals surface area contributed by atoms with Crippen LogP contribution in [-0.4, -0.2) is 108 Å². The number of unbranched alkanes of at least 4 members (excludes halogenated alkanes) is 16. The van der Waals surface area contributed by atoms with Gasteiger partial charge >= 0.3 is 35.4 Å². The highest BCUT2D eigenvalue weighted by atomic mass is 31.2. The molecule has 0 amide bonds. The number of phosphoric acid groups is 3. The molecule has 0 aromatic rings. The quantitative estimate of drug-likeness (QED) is 0.0123. The van der Waals surface area contributed by atoms with Crippen LogP contribution in [0.15, 0.2) is 48.6 Å². The number of allylic oxidation sites excluding steroid dienone is 8. The zero-order valence-corrected chi connectivity index (χ0v) is 42.1. The zero-order valence-electron chi connectivity index (χ0n) is 39.5. The SMILES string of the molecule is CC/C=C\C/C=C\C/C=C\CCCCCCCC(=O)O[C@H](COC(=O)CCCCCCC/C=C\CCCCCCCC)COP(=O)(O)O[C@H]1C(O)C(O)C(OP(=O)(O)O)[C@@H](OP(=O)(O)O)C1O. The molecule has 0 aliphatic heterocycles. The Morgan fingerprint density at radius 1 is 0.493 bits per heavy atom. The molecule has 8 N–H and O–H groups in total. The number of esters is 2. The van der Waals surface area contributed by atoms with Crippen LogP contribution in [0.4, 0.5) is 0 Å². The molecule has 1 rings (SSSR count). The van der Waals surface area contributed by atoms with E-state index in [0.717, 1.165) is 89.9 Å². The lowest BCUT2D eigenvalue weighted by Gasteiger charge is -2.44. The van der Waals surface area contributed by atoms with Crippen LogP contribution >= 0.6 is 23.5 Å². The Balaban J connectivity index is 2.75.